The maximum Gasteiger partial charge on any atom is 0.160 e. The van der Waals surface area contributed by atoms with E-state index in [4.69, 9.17) is 10.8 Å². The number of hydrogen-bond donors (Lipinski definition) is 1. The van der Waals surface area contributed by atoms with E-state index in [1.807, 2.05) is 85.2 Å². The summed E-state index contributed by atoms with van der Waals surface area (Å²) >= 11 is 0. The summed E-state index contributed by atoms with van der Waals surface area (Å²) in [5, 5.41) is 2.01. The van der Waals surface area contributed by atoms with E-state index in [1.54, 1.807) is 10.9 Å². The molecule has 126 valence electrons. The van der Waals surface area contributed by atoms with Gasteiger partial charge in [0.05, 0.1) is 11.2 Å². The lowest BCUT2D eigenvalue weighted by atomic mass is 10.1. The number of nitrogen functional groups attached to an aromatic ring is 1. The molecule has 0 radical (unpaired) electrons. The highest BCUT2D eigenvalue weighted by atomic mass is 15.3. The summed E-state index contributed by atoms with van der Waals surface area (Å²) < 4.78 is 1.62. The van der Waals surface area contributed by atoms with Gasteiger partial charge in [-0.3, -0.25) is 4.98 Å². The van der Waals surface area contributed by atoms with Gasteiger partial charge in [-0.25, -0.2) is 9.66 Å². The number of nitrogens with zero attached hydrogens (tertiary/aromatic N) is 3. The maximum absolute atomic E-state index is 6.26. The first-order chi connectivity index (χ1) is 12.8. The molecule has 0 saturated carbocycles. The summed E-state index contributed by atoms with van der Waals surface area (Å²) in [6.45, 7) is 0. The Morgan fingerprint density at radius 1 is 0.769 bits per heavy atom. The summed E-state index contributed by atoms with van der Waals surface area (Å²) in [5.41, 5.74) is 3.54. The second kappa shape index (κ2) is 7.07. The van der Waals surface area contributed by atoms with Gasteiger partial charge in [-0.1, -0.05) is 66.8 Å². The zero-order valence-electron chi connectivity index (χ0n) is 14.2. The lowest BCUT2D eigenvalue weighted by Gasteiger charge is -2.03. The fourth-order valence-electron chi connectivity index (χ4n) is 2.92. The van der Waals surface area contributed by atoms with E-state index in [2.05, 4.69) is 11.1 Å². The fourth-order valence-corrected chi connectivity index (χ4v) is 2.92. The van der Waals surface area contributed by atoms with Gasteiger partial charge in [0.1, 0.15) is 0 Å². The molecule has 0 atom stereocenters. The van der Waals surface area contributed by atoms with Crippen molar-refractivity contribution >= 4 is 27.5 Å². The number of hydrogen-bond acceptors (Lipinski definition) is 3. The van der Waals surface area contributed by atoms with Crippen LogP contribution in [0.3, 0.4) is 0 Å². The van der Waals surface area contributed by atoms with E-state index in [1.165, 1.54) is 0 Å². The smallest absolute Gasteiger partial charge is 0.160 e. The molecule has 0 aromatic carbocycles. The normalized spacial score (nSPS) is 19.5. The van der Waals surface area contributed by atoms with Gasteiger partial charge >= 0.3 is 0 Å². The zero-order valence-corrected chi connectivity index (χ0v) is 14.2. The second-order valence-electron chi connectivity index (χ2n) is 5.85. The summed E-state index contributed by atoms with van der Waals surface area (Å²) in [7, 11) is 0. The van der Waals surface area contributed by atoms with Crippen molar-refractivity contribution in [2.75, 3.05) is 5.84 Å². The molecule has 3 heterocycles. The van der Waals surface area contributed by atoms with Crippen molar-refractivity contribution in [3.05, 3.63) is 103 Å². The van der Waals surface area contributed by atoms with Crippen LogP contribution in [-0.4, -0.2) is 14.6 Å². The van der Waals surface area contributed by atoms with E-state index >= 15 is 0 Å². The molecule has 2 N–H and O–H groups in total. The van der Waals surface area contributed by atoms with Crippen LogP contribution in [0.2, 0.25) is 0 Å². The van der Waals surface area contributed by atoms with Crippen LogP contribution >= 0.6 is 0 Å². The van der Waals surface area contributed by atoms with Crippen LogP contribution < -0.4 is 5.84 Å². The molecule has 0 fully saturated rings. The predicted octanol–water partition coefficient (Wildman–Crippen LogP) is 4.48. The quantitative estimate of drug-likeness (QED) is 0.666. The first-order valence-electron chi connectivity index (χ1n) is 8.40. The Kier molecular flexibility index (Phi) is 4.31. The molecule has 0 bridgehead atoms. The largest absolute Gasteiger partial charge is 0.337 e. The average Bonchev–Trinajstić information content (AvgIpc) is 2.95. The Bertz CT molecular complexity index is 1140. The van der Waals surface area contributed by atoms with Gasteiger partial charge in [0.15, 0.2) is 5.65 Å². The van der Waals surface area contributed by atoms with Gasteiger partial charge in [0, 0.05) is 28.7 Å². The Morgan fingerprint density at radius 3 is 2.31 bits per heavy atom. The van der Waals surface area contributed by atoms with Crippen LogP contribution in [0.25, 0.3) is 27.5 Å². The molecule has 4 heteroatoms. The number of rotatable bonds is 1. The van der Waals surface area contributed by atoms with Crippen molar-refractivity contribution in [2.45, 2.75) is 0 Å². The molecule has 0 aliphatic heterocycles. The Labute approximate surface area is 151 Å². The lowest BCUT2D eigenvalue weighted by molar-refractivity contribution is 1.08. The van der Waals surface area contributed by atoms with Crippen molar-refractivity contribution in [3.8, 4) is 0 Å². The van der Waals surface area contributed by atoms with Gasteiger partial charge in [0.25, 0.3) is 0 Å². The Hall–Kier alpha value is -3.66. The third kappa shape index (κ3) is 3.00. The number of pyridine rings is 2. The van der Waals surface area contributed by atoms with E-state index in [-0.39, 0.29) is 0 Å². The van der Waals surface area contributed by atoms with Crippen molar-refractivity contribution in [1.29, 1.82) is 0 Å². The van der Waals surface area contributed by atoms with Crippen LogP contribution in [0, 0.1) is 0 Å². The molecule has 0 spiro atoms. The summed E-state index contributed by atoms with van der Waals surface area (Å²) in [5.74, 6) is 6.26. The standard InChI is InChI=1S/C22H18N4/c23-26-21-14-15-24-16-19(21)18-12-13-20(25-22(18)26)17-10-8-6-4-2-1-3-5-7-9-11-17/h1-16H,23H2/b2-1-,3-1?,4-2?,5-3-,6-4-,7-5?,8-6?,9-7-,10-8?,11-9?,17-10?,17-11?. The molecule has 4 rings (SSSR count). The lowest BCUT2D eigenvalue weighted by Crippen LogP contribution is -2.08. The predicted molar refractivity (Wildman–Crippen MR) is 109 cm³/mol. The molecule has 0 amide bonds. The molecule has 26 heavy (non-hydrogen) atoms. The SMILES string of the molecule is Nn1c2ccncc2c2ccc(C3=C\C=C/C=C\C=C/C=C\C=C3)nc21. The van der Waals surface area contributed by atoms with Crippen LogP contribution in [0.4, 0.5) is 0 Å². The number of fused-ring (bicyclic) bond motifs is 3. The Balaban J connectivity index is 1.84. The average molecular weight is 338 g/mol. The summed E-state index contributed by atoms with van der Waals surface area (Å²) in [6.07, 6.45) is 25.6. The van der Waals surface area contributed by atoms with Crippen LogP contribution in [-0.2, 0) is 0 Å². The first-order valence-corrected chi connectivity index (χ1v) is 8.40. The molecule has 0 saturated heterocycles. The first kappa shape index (κ1) is 15.8. The van der Waals surface area contributed by atoms with Gasteiger partial charge in [-0.05, 0) is 18.2 Å². The van der Waals surface area contributed by atoms with Crippen LogP contribution in [0.1, 0.15) is 5.69 Å². The van der Waals surface area contributed by atoms with E-state index in [0.717, 1.165) is 33.2 Å². The van der Waals surface area contributed by atoms with E-state index < -0.39 is 0 Å². The second-order valence-corrected chi connectivity index (χ2v) is 5.85. The molecule has 1 aliphatic rings. The highest BCUT2D eigenvalue weighted by molar-refractivity contribution is 6.06. The maximum atomic E-state index is 6.26. The van der Waals surface area contributed by atoms with Crippen molar-refractivity contribution < 1.29 is 0 Å². The minimum Gasteiger partial charge on any atom is -0.337 e. The highest BCUT2D eigenvalue weighted by Gasteiger charge is 2.11. The number of aromatic nitrogens is 3. The third-order valence-electron chi connectivity index (χ3n) is 4.19. The van der Waals surface area contributed by atoms with E-state index in [9.17, 15) is 0 Å². The van der Waals surface area contributed by atoms with Crippen LogP contribution in [0.15, 0.2) is 97.4 Å². The van der Waals surface area contributed by atoms with Gasteiger partial charge < -0.3 is 5.84 Å². The number of allylic oxidation sites excluding steroid dienone is 12. The van der Waals surface area contributed by atoms with Gasteiger partial charge in [-0.15, -0.1) is 0 Å². The van der Waals surface area contributed by atoms with E-state index in [0.29, 0.717) is 0 Å². The zero-order chi connectivity index (χ0) is 17.8. The van der Waals surface area contributed by atoms with Crippen molar-refractivity contribution in [2.24, 2.45) is 0 Å². The molecule has 3 aromatic rings. The third-order valence-corrected chi connectivity index (χ3v) is 4.19. The molecule has 1 aliphatic carbocycles. The monoisotopic (exact) mass is 338 g/mol. The van der Waals surface area contributed by atoms with Gasteiger partial charge in [-0.2, -0.15) is 0 Å². The minimum absolute atomic E-state index is 0.744. The highest BCUT2D eigenvalue weighted by Crippen LogP contribution is 2.27. The topological polar surface area (TPSA) is 56.7 Å². The van der Waals surface area contributed by atoms with Crippen molar-refractivity contribution in [3.63, 3.8) is 0 Å². The Morgan fingerprint density at radius 2 is 1.50 bits per heavy atom. The van der Waals surface area contributed by atoms with Crippen molar-refractivity contribution in [1.82, 2.24) is 14.6 Å². The van der Waals surface area contributed by atoms with Gasteiger partial charge in [0.2, 0.25) is 0 Å². The molecule has 3 aromatic heterocycles. The number of nitrogens with two attached hydrogens (primary N) is 1. The fraction of sp³-hybridized carbons (Fsp3) is 0. The van der Waals surface area contributed by atoms with Crippen LogP contribution in [0.5, 0.6) is 0 Å². The summed E-state index contributed by atoms with van der Waals surface area (Å²) in [6, 6.07) is 5.97. The summed E-state index contributed by atoms with van der Waals surface area (Å²) in [4.78, 5) is 9.00. The molecular formula is C22H18N4. The molecular weight excluding hydrogens is 320 g/mol. The molecule has 0 unspecified atom stereocenters. The molecule has 4 nitrogen and oxygen atoms in total. The minimum atomic E-state index is 0.744.